The average molecular weight is 387 g/mol. The van der Waals surface area contributed by atoms with Crippen molar-refractivity contribution in [3.63, 3.8) is 0 Å². The highest BCUT2D eigenvalue weighted by molar-refractivity contribution is 5.81. The third kappa shape index (κ3) is 4.94. The molecule has 0 saturated carbocycles. The molecule has 1 amide bonds. The lowest BCUT2D eigenvalue weighted by Gasteiger charge is -2.25. The van der Waals surface area contributed by atoms with Crippen LogP contribution in [0.15, 0.2) is 42.5 Å². The number of halogens is 1. The van der Waals surface area contributed by atoms with Crippen LogP contribution in [0.25, 0.3) is 0 Å². The monoisotopic (exact) mass is 387 g/mol. The number of ether oxygens (including phenoxy) is 3. The average Bonchev–Trinajstić information content (AvgIpc) is 2.92. The van der Waals surface area contributed by atoms with Crippen LogP contribution < -0.4 is 19.5 Å². The van der Waals surface area contributed by atoms with E-state index < -0.39 is 6.10 Å². The molecule has 6 heteroatoms. The van der Waals surface area contributed by atoms with Gasteiger partial charge in [-0.15, -0.1) is 0 Å². The van der Waals surface area contributed by atoms with E-state index in [4.69, 9.17) is 14.2 Å². The highest BCUT2D eigenvalue weighted by Gasteiger charge is 2.24. The third-order valence-electron chi connectivity index (χ3n) is 4.59. The van der Waals surface area contributed by atoms with E-state index in [9.17, 15) is 9.18 Å². The second-order valence-corrected chi connectivity index (χ2v) is 7.20. The van der Waals surface area contributed by atoms with Crippen molar-refractivity contribution in [3.8, 4) is 17.2 Å². The molecular formula is C22H26FNO4. The standard InChI is InChI=1S/C22H26FNO4/c1-14(2)21(16-5-10-19-20(13-16)27-12-4-11-26-19)24-22(25)15(3)28-18-8-6-17(23)7-9-18/h5-10,13-15,21H,4,11-12H2,1-3H3,(H,24,25)/t15-,21+/m0/s1. The summed E-state index contributed by atoms with van der Waals surface area (Å²) in [6, 6.07) is 11.2. The van der Waals surface area contributed by atoms with Crippen LogP contribution >= 0.6 is 0 Å². The second-order valence-electron chi connectivity index (χ2n) is 7.20. The fourth-order valence-corrected chi connectivity index (χ4v) is 3.05. The van der Waals surface area contributed by atoms with E-state index in [1.165, 1.54) is 24.3 Å². The van der Waals surface area contributed by atoms with Gasteiger partial charge in [0.1, 0.15) is 11.6 Å². The van der Waals surface area contributed by atoms with Gasteiger partial charge in [0, 0.05) is 6.42 Å². The van der Waals surface area contributed by atoms with Crippen molar-refractivity contribution in [2.24, 2.45) is 5.92 Å². The first kappa shape index (κ1) is 20.0. The molecule has 0 aliphatic carbocycles. The smallest absolute Gasteiger partial charge is 0.261 e. The van der Waals surface area contributed by atoms with Gasteiger partial charge in [0.2, 0.25) is 0 Å². The zero-order valence-corrected chi connectivity index (χ0v) is 16.4. The second kappa shape index (κ2) is 8.95. The van der Waals surface area contributed by atoms with E-state index in [1.54, 1.807) is 6.92 Å². The molecule has 0 aromatic heterocycles. The number of amides is 1. The summed E-state index contributed by atoms with van der Waals surface area (Å²) in [5.74, 6) is 1.44. The van der Waals surface area contributed by atoms with Crippen LogP contribution in [0.1, 0.15) is 38.8 Å². The molecule has 2 aromatic rings. The summed E-state index contributed by atoms with van der Waals surface area (Å²) in [6.45, 7) is 7.00. The van der Waals surface area contributed by atoms with E-state index in [2.05, 4.69) is 5.32 Å². The summed E-state index contributed by atoms with van der Waals surface area (Å²) in [6.07, 6.45) is 0.124. The Kier molecular flexibility index (Phi) is 6.39. The number of hydrogen-bond donors (Lipinski definition) is 1. The van der Waals surface area contributed by atoms with Crippen LogP contribution in [-0.2, 0) is 4.79 Å². The molecule has 2 atom stereocenters. The molecule has 1 N–H and O–H groups in total. The van der Waals surface area contributed by atoms with Gasteiger partial charge < -0.3 is 19.5 Å². The summed E-state index contributed by atoms with van der Waals surface area (Å²) in [5, 5.41) is 3.05. The summed E-state index contributed by atoms with van der Waals surface area (Å²) in [4.78, 5) is 12.7. The Morgan fingerprint density at radius 2 is 1.71 bits per heavy atom. The maximum absolute atomic E-state index is 13.0. The first-order chi connectivity index (χ1) is 13.4. The topological polar surface area (TPSA) is 56.8 Å². The molecular weight excluding hydrogens is 361 g/mol. The van der Waals surface area contributed by atoms with Crippen molar-refractivity contribution in [2.45, 2.75) is 39.3 Å². The summed E-state index contributed by atoms with van der Waals surface area (Å²) >= 11 is 0. The summed E-state index contributed by atoms with van der Waals surface area (Å²) in [5.41, 5.74) is 0.946. The number of nitrogens with one attached hydrogen (secondary N) is 1. The maximum atomic E-state index is 13.0. The number of rotatable bonds is 6. The Balaban J connectivity index is 1.71. The molecule has 1 aliphatic heterocycles. The molecule has 2 aromatic carbocycles. The van der Waals surface area contributed by atoms with Crippen molar-refractivity contribution in [1.82, 2.24) is 5.32 Å². The zero-order chi connectivity index (χ0) is 20.1. The summed E-state index contributed by atoms with van der Waals surface area (Å²) < 4.78 is 30.1. The lowest BCUT2D eigenvalue weighted by Crippen LogP contribution is -2.40. The van der Waals surface area contributed by atoms with E-state index in [0.717, 1.165) is 17.7 Å². The van der Waals surface area contributed by atoms with Gasteiger partial charge in [0.05, 0.1) is 19.3 Å². The minimum absolute atomic E-state index is 0.159. The van der Waals surface area contributed by atoms with E-state index >= 15 is 0 Å². The Hall–Kier alpha value is -2.76. The first-order valence-corrected chi connectivity index (χ1v) is 9.56. The molecule has 1 heterocycles. The number of hydrogen-bond acceptors (Lipinski definition) is 4. The predicted octanol–water partition coefficient (Wildman–Crippen LogP) is 4.27. The molecule has 0 spiro atoms. The highest BCUT2D eigenvalue weighted by Crippen LogP contribution is 2.34. The maximum Gasteiger partial charge on any atom is 0.261 e. The fourth-order valence-electron chi connectivity index (χ4n) is 3.05. The van der Waals surface area contributed by atoms with E-state index in [0.29, 0.717) is 24.7 Å². The minimum Gasteiger partial charge on any atom is -0.490 e. The molecule has 5 nitrogen and oxygen atoms in total. The van der Waals surface area contributed by atoms with Gasteiger partial charge in [-0.2, -0.15) is 0 Å². The molecule has 3 rings (SSSR count). The van der Waals surface area contributed by atoms with Gasteiger partial charge in [-0.25, -0.2) is 4.39 Å². The van der Waals surface area contributed by atoms with E-state index in [-0.39, 0.29) is 23.7 Å². The Morgan fingerprint density at radius 3 is 2.39 bits per heavy atom. The van der Waals surface area contributed by atoms with Crippen molar-refractivity contribution in [3.05, 3.63) is 53.8 Å². The summed E-state index contributed by atoms with van der Waals surface area (Å²) in [7, 11) is 0. The van der Waals surface area contributed by atoms with Gasteiger partial charge in [-0.1, -0.05) is 19.9 Å². The SMILES string of the molecule is CC(C)[C@@H](NC(=O)[C@H](C)Oc1ccc(F)cc1)c1ccc2c(c1)OCCCO2. The van der Waals surface area contributed by atoms with Crippen molar-refractivity contribution < 1.29 is 23.4 Å². The Bertz CT molecular complexity index is 807. The molecule has 150 valence electrons. The molecule has 0 bridgehead atoms. The van der Waals surface area contributed by atoms with Crippen molar-refractivity contribution >= 4 is 5.91 Å². The normalized spacial score (nSPS) is 15.5. The van der Waals surface area contributed by atoms with Crippen LogP contribution in [0.4, 0.5) is 4.39 Å². The van der Waals surface area contributed by atoms with Crippen LogP contribution in [0, 0.1) is 11.7 Å². The van der Waals surface area contributed by atoms with Gasteiger partial charge >= 0.3 is 0 Å². The molecule has 1 aliphatic rings. The lowest BCUT2D eigenvalue weighted by atomic mass is 9.95. The highest BCUT2D eigenvalue weighted by atomic mass is 19.1. The fraction of sp³-hybridized carbons (Fsp3) is 0.409. The Morgan fingerprint density at radius 1 is 1.04 bits per heavy atom. The quantitative estimate of drug-likeness (QED) is 0.804. The van der Waals surface area contributed by atoms with Gasteiger partial charge in [0.15, 0.2) is 17.6 Å². The molecule has 0 fully saturated rings. The zero-order valence-electron chi connectivity index (χ0n) is 16.4. The minimum atomic E-state index is -0.716. The number of carbonyl (C=O) groups is 1. The van der Waals surface area contributed by atoms with E-state index in [1.807, 2.05) is 32.0 Å². The lowest BCUT2D eigenvalue weighted by molar-refractivity contribution is -0.128. The number of carbonyl (C=O) groups excluding carboxylic acids is 1. The van der Waals surface area contributed by atoms with Gasteiger partial charge in [-0.05, 0) is 54.8 Å². The number of benzene rings is 2. The molecule has 0 unspecified atom stereocenters. The Labute approximate surface area is 164 Å². The van der Waals surface area contributed by atoms with Crippen LogP contribution in [0.2, 0.25) is 0 Å². The third-order valence-corrected chi connectivity index (χ3v) is 4.59. The van der Waals surface area contributed by atoms with Crippen LogP contribution in [-0.4, -0.2) is 25.2 Å². The van der Waals surface area contributed by atoms with Crippen LogP contribution in [0.5, 0.6) is 17.2 Å². The number of fused-ring (bicyclic) bond motifs is 1. The molecule has 0 saturated heterocycles. The van der Waals surface area contributed by atoms with Gasteiger partial charge in [0.25, 0.3) is 5.91 Å². The molecule has 0 radical (unpaired) electrons. The van der Waals surface area contributed by atoms with Gasteiger partial charge in [-0.3, -0.25) is 4.79 Å². The predicted molar refractivity (Wildman–Crippen MR) is 104 cm³/mol. The van der Waals surface area contributed by atoms with Crippen LogP contribution in [0.3, 0.4) is 0 Å². The van der Waals surface area contributed by atoms with Crippen molar-refractivity contribution in [2.75, 3.05) is 13.2 Å². The largest absolute Gasteiger partial charge is 0.490 e. The first-order valence-electron chi connectivity index (χ1n) is 9.56. The van der Waals surface area contributed by atoms with Crippen molar-refractivity contribution in [1.29, 1.82) is 0 Å². The molecule has 28 heavy (non-hydrogen) atoms.